The van der Waals surface area contributed by atoms with Crippen molar-refractivity contribution >= 4 is 28.4 Å². The number of hydrogen-bond donors (Lipinski definition) is 2. The minimum atomic E-state index is -0.591. The lowest BCUT2D eigenvalue weighted by Gasteiger charge is -2.26. The summed E-state index contributed by atoms with van der Waals surface area (Å²) in [7, 11) is 0. The third kappa shape index (κ3) is 5.82. The van der Waals surface area contributed by atoms with Crippen LogP contribution < -0.4 is 11.1 Å². The molecule has 1 aliphatic rings. The average molecular weight is 489 g/mol. The topological polar surface area (TPSA) is 104 Å². The Morgan fingerprint density at radius 1 is 1.08 bits per heavy atom. The smallest absolute Gasteiger partial charge is 0.253 e. The lowest BCUT2D eigenvalue weighted by atomic mass is 9.98. The maximum Gasteiger partial charge on any atom is 0.253 e. The molecular formula is C28H36N6O2. The van der Waals surface area contributed by atoms with Crippen LogP contribution in [-0.4, -0.2) is 70.9 Å². The van der Waals surface area contributed by atoms with Crippen LogP contribution in [0.1, 0.15) is 60.2 Å². The molecule has 0 atom stereocenters. The van der Waals surface area contributed by atoms with Crippen LogP contribution in [0.5, 0.6) is 0 Å². The van der Waals surface area contributed by atoms with Gasteiger partial charge in [-0.25, -0.2) is 4.98 Å². The molecule has 0 saturated carbocycles. The minimum absolute atomic E-state index is 0.123. The molecule has 0 bridgehead atoms. The summed E-state index contributed by atoms with van der Waals surface area (Å²) < 4.78 is 0. The van der Waals surface area contributed by atoms with Gasteiger partial charge in [-0.3, -0.25) is 14.6 Å². The number of aromatic nitrogens is 2. The molecule has 190 valence electrons. The Hall–Kier alpha value is -3.52. The van der Waals surface area contributed by atoms with E-state index in [2.05, 4.69) is 15.2 Å². The van der Waals surface area contributed by atoms with Gasteiger partial charge in [-0.05, 0) is 77.0 Å². The van der Waals surface area contributed by atoms with E-state index in [1.54, 1.807) is 35.5 Å². The predicted molar refractivity (Wildman–Crippen MR) is 144 cm³/mol. The maximum absolute atomic E-state index is 12.9. The molecule has 4 rings (SSSR count). The number of rotatable bonds is 10. The number of pyridine rings is 2. The molecule has 8 heteroatoms. The van der Waals surface area contributed by atoms with Crippen molar-refractivity contribution in [2.45, 2.75) is 39.5 Å². The lowest BCUT2D eigenvalue weighted by molar-refractivity contribution is 0.0773. The number of hydrogen-bond acceptors (Lipinski definition) is 6. The van der Waals surface area contributed by atoms with Crippen LogP contribution in [0.2, 0.25) is 0 Å². The van der Waals surface area contributed by atoms with Crippen LogP contribution in [0.15, 0.2) is 42.7 Å². The van der Waals surface area contributed by atoms with Crippen molar-refractivity contribution in [2.75, 3.05) is 44.6 Å². The third-order valence-corrected chi connectivity index (χ3v) is 6.88. The molecule has 0 aliphatic carbocycles. The van der Waals surface area contributed by atoms with E-state index in [4.69, 9.17) is 10.7 Å². The number of nitrogens with one attached hydrogen (secondary N) is 1. The zero-order valence-electron chi connectivity index (χ0n) is 21.3. The van der Waals surface area contributed by atoms with Crippen LogP contribution in [0.3, 0.4) is 0 Å². The summed E-state index contributed by atoms with van der Waals surface area (Å²) in [4.78, 5) is 38.6. The number of nitrogens with two attached hydrogens (primary N) is 1. The number of carbonyl (C=O) groups excluding carboxylic acids is 2. The van der Waals surface area contributed by atoms with Crippen molar-refractivity contribution in [3.8, 4) is 11.3 Å². The summed E-state index contributed by atoms with van der Waals surface area (Å²) in [6, 6.07) is 8.90. The van der Waals surface area contributed by atoms with E-state index in [0.717, 1.165) is 36.1 Å². The van der Waals surface area contributed by atoms with Gasteiger partial charge in [0, 0.05) is 59.8 Å². The molecule has 2 aromatic heterocycles. The second-order valence-electron chi connectivity index (χ2n) is 9.23. The molecule has 1 fully saturated rings. The van der Waals surface area contributed by atoms with Crippen LogP contribution >= 0.6 is 0 Å². The zero-order chi connectivity index (χ0) is 25.5. The van der Waals surface area contributed by atoms with Crippen LogP contribution in [0.25, 0.3) is 22.2 Å². The molecule has 0 unspecified atom stereocenters. The van der Waals surface area contributed by atoms with Gasteiger partial charge in [-0.2, -0.15) is 0 Å². The number of piperidine rings is 1. The number of primary amides is 1. The highest BCUT2D eigenvalue weighted by molar-refractivity contribution is 6.04. The molecular weight excluding hydrogens is 452 g/mol. The molecule has 0 spiro atoms. The van der Waals surface area contributed by atoms with E-state index in [-0.39, 0.29) is 11.5 Å². The Labute approximate surface area is 212 Å². The zero-order valence-corrected chi connectivity index (χ0v) is 21.3. The molecule has 3 heterocycles. The van der Waals surface area contributed by atoms with E-state index >= 15 is 0 Å². The number of fused-ring (bicyclic) bond motifs is 1. The Morgan fingerprint density at radius 3 is 2.58 bits per heavy atom. The van der Waals surface area contributed by atoms with Crippen molar-refractivity contribution in [1.82, 2.24) is 19.8 Å². The third-order valence-electron chi connectivity index (χ3n) is 6.88. The first-order valence-corrected chi connectivity index (χ1v) is 13.0. The number of likely N-dealkylation sites (tertiary alicyclic amines) is 1. The predicted octanol–water partition coefficient (Wildman–Crippen LogP) is 4.17. The minimum Gasteiger partial charge on any atom is -0.384 e. The Morgan fingerprint density at radius 2 is 1.86 bits per heavy atom. The maximum atomic E-state index is 12.9. The van der Waals surface area contributed by atoms with E-state index in [0.29, 0.717) is 29.9 Å². The molecule has 1 saturated heterocycles. The standard InChI is InChI=1S/C28H36N6O2/c1-3-34(4-2)28(36)20-9-10-21(22(17-20)27(29)35)26-18-25(23-19-30-13-11-24(23)32-26)31-12-8-16-33-14-6-5-7-15-33/h9-11,13,17-19H,3-8,12,14-16H2,1-2H3,(H2,29,35)(H,31,32). The summed E-state index contributed by atoms with van der Waals surface area (Å²) in [5.74, 6) is -0.713. The molecule has 1 aliphatic heterocycles. The fourth-order valence-corrected chi connectivity index (χ4v) is 4.86. The highest BCUT2D eigenvalue weighted by atomic mass is 16.2. The largest absolute Gasteiger partial charge is 0.384 e. The van der Waals surface area contributed by atoms with E-state index < -0.39 is 5.91 Å². The molecule has 1 aromatic carbocycles. The summed E-state index contributed by atoms with van der Waals surface area (Å²) in [5.41, 5.74) is 9.41. The van der Waals surface area contributed by atoms with E-state index in [9.17, 15) is 9.59 Å². The molecule has 36 heavy (non-hydrogen) atoms. The van der Waals surface area contributed by atoms with Gasteiger partial charge in [-0.1, -0.05) is 12.5 Å². The number of nitrogens with zero attached hydrogens (tertiary/aromatic N) is 4. The monoisotopic (exact) mass is 488 g/mol. The Kier molecular flexibility index (Phi) is 8.48. The Bertz CT molecular complexity index is 1220. The van der Waals surface area contributed by atoms with Gasteiger partial charge >= 0.3 is 0 Å². The molecule has 3 N–H and O–H groups in total. The highest BCUT2D eigenvalue weighted by Crippen LogP contribution is 2.30. The van der Waals surface area contributed by atoms with Gasteiger partial charge in [0.05, 0.1) is 11.2 Å². The number of amides is 2. The van der Waals surface area contributed by atoms with Gasteiger partial charge in [0.25, 0.3) is 5.91 Å². The highest BCUT2D eigenvalue weighted by Gasteiger charge is 2.19. The van der Waals surface area contributed by atoms with Gasteiger partial charge in [0.15, 0.2) is 0 Å². The van der Waals surface area contributed by atoms with Crippen molar-refractivity contribution < 1.29 is 9.59 Å². The first-order chi connectivity index (χ1) is 17.5. The number of carbonyl (C=O) groups is 2. The number of anilines is 1. The van der Waals surface area contributed by atoms with Gasteiger partial charge in [-0.15, -0.1) is 0 Å². The van der Waals surface area contributed by atoms with Crippen LogP contribution in [0, 0.1) is 0 Å². The van der Waals surface area contributed by atoms with Crippen molar-refractivity contribution in [2.24, 2.45) is 5.73 Å². The quantitative estimate of drug-likeness (QED) is 0.415. The second kappa shape index (κ2) is 11.9. The van der Waals surface area contributed by atoms with Gasteiger partial charge in [0.1, 0.15) is 0 Å². The van der Waals surface area contributed by atoms with Crippen molar-refractivity contribution in [3.63, 3.8) is 0 Å². The van der Waals surface area contributed by atoms with Crippen molar-refractivity contribution in [3.05, 3.63) is 53.9 Å². The molecule has 3 aromatic rings. The molecule has 0 radical (unpaired) electrons. The SMILES string of the molecule is CCN(CC)C(=O)c1ccc(-c2cc(NCCCN3CCCCC3)c3cnccc3n2)c(C(N)=O)c1. The van der Waals surface area contributed by atoms with Gasteiger partial charge < -0.3 is 20.9 Å². The van der Waals surface area contributed by atoms with E-state index in [1.165, 1.54) is 32.4 Å². The fraction of sp³-hybridized carbons (Fsp3) is 0.429. The first-order valence-electron chi connectivity index (χ1n) is 13.0. The van der Waals surface area contributed by atoms with Crippen LogP contribution in [0.4, 0.5) is 5.69 Å². The molecule has 2 amide bonds. The summed E-state index contributed by atoms with van der Waals surface area (Å²) >= 11 is 0. The van der Waals surface area contributed by atoms with Crippen molar-refractivity contribution in [1.29, 1.82) is 0 Å². The lowest BCUT2D eigenvalue weighted by Crippen LogP contribution is -2.31. The Balaban J connectivity index is 1.62. The number of benzene rings is 1. The summed E-state index contributed by atoms with van der Waals surface area (Å²) in [6.45, 7) is 9.33. The first kappa shape index (κ1) is 25.6. The van der Waals surface area contributed by atoms with Crippen LogP contribution in [-0.2, 0) is 0 Å². The second-order valence-corrected chi connectivity index (χ2v) is 9.23. The van der Waals surface area contributed by atoms with Gasteiger partial charge in [0.2, 0.25) is 5.91 Å². The fourth-order valence-electron chi connectivity index (χ4n) is 4.86. The summed E-state index contributed by atoms with van der Waals surface area (Å²) in [6.07, 6.45) is 8.47. The summed E-state index contributed by atoms with van der Waals surface area (Å²) in [5, 5.41) is 4.49. The normalized spacial score (nSPS) is 14.1. The van der Waals surface area contributed by atoms with E-state index in [1.807, 2.05) is 26.0 Å². The molecule has 8 nitrogen and oxygen atoms in total. The average Bonchev–Trinajstić information content (AvgIpc) is 2.91.